The summed E-state index contributed by atoms with van der Waals surface area (Å²) in [5, 5.41) is 4.30. The molecule has 0 bridgehead atoms. The van der Waals surface area contributed by atoms with E-state index in [4.69, 9.17) is 4.74 Å². The molecule has 2 N–H and O–H groups in total. The van der Waals surface area contributed by atoms with Crippen molar-refractivity contribution in [3.63, 3.8) is 0 Å². The van der Waals surface area contributed by atoms with E-state index in [0.29, 0.717) is 49.9 Å². The first-order valence-electron chi connectivity index (χ1n) is 14.7. The fraction of sp³-hybridized carbons (Fsp3) is 0.516. The highest BCUT2D eigenvalue weighted by molar-refractivity contribution is 5.87. The molecule has 11 heteroatoms. The van der Waals surface area contributed by atoms with Gasteiger partial charge in [-0.05, 0) is 71.8 Å². The van der Waals surface area contributed by atoms with Crippen LogP contribution in [0.5, 0.6) is 5.75 Å². The molecule has 3 aromatic rings. The number of nitrogens with zero attached hydrogens (tertiary/aromatic N) is 5. The topological polar surface area (TPSA) is 97.0 Å². The van der Waals surface area contributed by atoms with Gasteiger partial charge < -0.3 is 39.4 Å². The maximum Gasteiger partial charge on any atom is 0.415 e. The number of benzene rings is 1. The largest absolute Gasteiger partial charge is 0.415 e. The monoisotopic (exact) mass is 579 g/mol. The predicted molar refractivity (Wildman–Crippen MR) is 164 cm³/mol. The van der Waals surface area contributed by atoms with Gasteiger partial charge in [0.05, 0.1) is 17.9 Å². The molecule has 4 heterocycles. The molecule has 2 aliphatic heterocycles. The molecule has 0 saturated carbocycles. The number of carbonyl (C=O) groups excluding carboxylic acids is 2. The van der Waals surface area contributed by atoms with Gasteiger partial charge in [-0.25, -0.2) is 14.2 Å². The first kappa shape index (κ1) is 29.6. The number of nitrogens with one attached hydrogen (secondary N) is 2. The van der Waals surface area contributed by atoms with Crippen molar-refractivity contribution in [1.29, 1.82) is 0 Å². The van der Waals surface area contributed by atoms with Gasteiger partial charge in [0, 0.05) is 67.8 Å². The molecular formula is C31H42FN7O3. The first-order valence-corrected chi connectivity index (χ1v) is 14.7. The summed E-state index contributed by atoms with van der Waals surface area (Å²) in [5.74, 6) is 1.65. The van der Waals surface area contributed by atoms with E-state index in [9.17, 15) is 14.0 Å². The Balaban J connectivity index is 1.30. The van der Waals surface area contributed by atoms with Crippen LogP contribution in [0.15, 0.2) is 36.5 Å². The quantitative estimate of drug-likeness (QED) is 0.388. The highest BCUT2D eigenvalue weighted by Gasteiger charge is 2.34. The number of hydrogen-bond acceptors (Lipinski definition) is 8. The Hall–Kier alpha value is -3.86. The van der Waals surface area contributed by atoms with E-state index in [1.807, 2.05) is 46.0 Å². The van der Waals surface area contributed by atoms with Gasteiger partial charge in [0.25, 0.3) is 0 Å². The third-order valence-corrected chi connectivity index (χ3v) is 8.02. The van der Waals surface area contributed by atoms with Crippen LogP contribution in [0.25, 0.3) is 10.9 Å². The summed E-state index contributed by atoms with van der Waals surface area (Å²) in [5.41, 5.74) is 1.28. The van der Waals surface area contributed by atoms with E-state index < -0.39 is 5.82 Å². The van der Waals surface area contributed by atoms with Crippen molar-refractivity contribution in [1.82, 2.24) is 19.8 Å². The standard InChI is InChI=1S/C31H42FN7O3/c1-6-38(29-27(35-31(2,3)4)17-22(32)19-33-29)23-9-10-39(24(18-23)20-40)28-16-21-15-25(7-8-26(21)34-28)42-30(41)37-13-11-36(5)12-14-37/h7-8,15-17,19-20,23-24,34-35H,6,9-14,18H2,1-5H3. The molecule has 2 fully saturated rings. The number of pyridine rings is 1. The average molecular weight is 580 g/mol. The summed E-state index contributed by atoms with van der Waals surface area (Å²) in [4.78, 5) is 41.1. The molecule has 1 aromatic carbocycles. The third-order valence-electron chi connectivity index (χ3n) is 8.02. The van der Waals surface area contributed by atoms with Gasteiger partial charge in [-0.3, -0.25) is 0 Å². The smallest absolute Gasteiger partial charge is 0.410 e. The molecule has 0 spiro atoms. The van der Waals surface area contributed by atoms with Crippen LogP contribution in [-0.4, -0.2) is 96.1 Å². The van der Waals surface area contributed by atoms with Crippen LogP contribution in [0.4, 0.5) is 26.5 Å². The zero-order valence-corrected chi connectivity index (χ0v) is 25.2. The maximum atomic E-state index is 14.2. The van der Waals surface area contributed by atoms with Crippen LogP contribution < -0.4 is 19.9 Å². The van der Waals surface area contributed by atoms with Crippen LogP contribution in [0.3, 0.4) is 0 Å². The minimum atomic E-state index is -0.391. The number of aldehydes is 1. The van der Waals surface area contributed by atoms with Crippen LogP contribution in [-0.2, 0) is 4.79 Å². The lowest BCUT2D eigenvalue weighted by molar-refractivity contribution is -0.109. The Morgan fingerprint density at radius 3 is 2.64 bits per heavy atom. The number of piperidine rings is 1. The van der Waals surface area contributed by atoms with Crippen LogP contribution in [0.1, 0.15) is 40.5 Å². The summed E-state index contributed by atoms with van der Waals surface area (Å²) in [6, 6.07) is 8.75. The third kappa shape index (κ3) is 6.61. The van der Waals surface area contributed by atoms with Gasteiger partial charge in [-0.2, -0.15) is 0 Å². The minimum Gasteiger partial charge on any atom is -0.410 e. The number of aromatic nitrogens is 2. The highest BCUT2D eigenvalue weighted by Crippen LogP contribution is 2.34. The predicted octanol–water partition coefficient (Wildman–Crippen LogP) is 4.72. The first-order chi connectivity index (χ1) is 20.0. The van der Waals surface area contributed by atoms with Crippen LogP contribution >= 0.6 is 0 Å². The molecular weight excluding hydrogens is 537 g/mol. The van der Waals surface area contributed by atoms with Gasteiger partial charge in [-0.1, -0.05) is 0 Å². The lowest BCUT2D eigenvalue weighted by Gasteiger charge is -2.43. The Kier molecular flexibility index (Phi) is 8.58. The summed E-state index contributed by atoms with van der Waals surface area (Å²) in [7, 11) is 2.04. The highest BCUT2D eigenvalue weighted by atomic mass is 19.1. The number of hydrogen-bond donors (Lipinski definition) is 2. The molecule has 2 saturated heterocycles. The van der Waals surface area contributed by atoms with E-state index in [0.717, 1.165) is 42.5 Å². The number of amides is 1. The molecule has 42 heavy (non-hydrogen) atoms. The summed E-state index contributed by atoms with van der Waals surface area (Å²) in [6.07, 6.45) is 3.32. The number of piperazine rings is 1. The number of halogens is 1. The number of H-pyrrole nitrogens is 1. The van der Waals surface area contributed by atoms with Crippen LogP contribution in [0, 0.1) is 5.82 Å². The lowest BCUT2D eigenvalue weighted by Crippen LogP contribution is -2.51. The molecule has 2 aliphatic rings. The van der Waals surface area contributed by atoms with Gasteiger partial charge in [0.2, 0.25) is 0 Å². The Bertz CT molecular complexity index is 1410. The summed E-state index contributed by atoms with van der Waals surface area (Å²) >= 11 is 0. The second-order valence-electron chi connectivity index (χ2n) is 12.3. The van der Waals surface area contributed by atoms with Crippen LogP contribution in [0.2, 0.25) is 0 Å². The fourth-order valence-electron chi connectivity index (χ4n) is 5.89. The maximum absolute atomic E-state index is 14.2. The van der Waals surface area contributed by atoms with Gasteiger partial charge in [0.1, 0.15) is 23.7 Å². The Morgan fingerprint density at radius 1 is 1.19 bits per heavy atom. The number of fused-ring (bicyclic) bond motifs is 1. The normalized spacial score (nSPS) is 20.0. The van der Waals surface area contributed by atoms with E-state index in [2.05, 4.69) is 36.9 Å². The molecule has 226 valence electrons. The Labute approximate surface area is 246 Å². The van der Waals surface area contributed by atoms with Crippen molar-refractivity contribution >= 4 is 40.6 Å². The van der Waals surface area contributed by atoms with Gasteiger partial charge >= 0.3 is 6.09 Å². The van der Waals surface area contributed by atoms with Crippen molar-refractivity contribution in [2.45, 2.75) is 58.2 Å². The second-order valence-corrected chi connectivity index (χ2v) is 12.3. The molecule has 2 atom stereocenters. The fourth-order valence-corrected chi connectivity index (χ4v) is 5.89. The zero-order valence-electron chi connectivity index (χ0n) is 25.2. The Morgan fingerprint density at radius 2 is 1.95 bits per heavy atom. The number of rotatable bonds is 7. The summed E-state index contributed by atoms with van der Waals surface area (Å²) < 4.78 is 19.8. The second kappa shape index (κ2) is 12.2. The van der Waals surface area contributed by atoms with Crippen molar-refractivity contribution in [3.05, 3.63) is 42.3 Å². The zero-order chi connectivity index (χ0) is 30.0. The number of ether oxygens (including phenoxy) is 1. The van der Waals surface area contributed by atoms with Crippen molar-refractivity contribution in [2.24, 2.45) is 0 Å². The molecule has 0 radical (unpaired) electrons. The minimum absolute atomic E-state index is 0.0601. The molecule has 2 aromatic heterocycles. The molecule has 0 aliphatic carbocycles. The number of aromatic amines is 1. The molecule has 10 nitrogen and oxygen atoms in total. The van der Waals surface area contributed by atoms with E-state index in [1.165, 1.54) is 12.3 Å². The van der Waals surface area contributed by atoms with E-state index in [1.54, 1.807) is 11.0 Å². The van der Waals surface area contributed by atoms with Crippen molar-refractivity contribution in [3.8, 4) is 5.75 Å². The van der Waals surface area contributed by atoms with E-state index >= 15 is 0 Å². The van der Waals surface area contributed by atoms with Gasteiger partial charge in [0.15, 0.2) is 5.82 Å². The van der Waals surface area contributed by atoms with Crippen molar-refractivity contribution < 1.29 is 18.7 Å². The number of likely N-dealkylation sites (N-methyl/N-ethyl adjacent to an activating group) is 1. The molecule has 2 unspecified atom stereocenters. The summed E-state index contributed by atoms with van der Waals surface area (Å²) in [6.45, 7) is 12.4. The number of carbonyl (C=O) groups is 2. The molecule has 1 amide bonds. The van der Waals surface area contributed by atoms with Gasteiger partial charge in [-0.15, -0.1) is 0 Å². The average Bonchev–Trinajstić information content (AvgIpc) is 3.37. The molecule has 5 rings (SSSR count). The lowest BCUT2D eigenvalue weighted by atomic mass is 9.96. The van der Waals surface area contributed by atoms with Crippen molar-refractivity contribution in [2.75, 3.05) is 61.4 Å². The number of anilines is 3. The van der Waals surface area contributed by atoms with E-state index in [-0.39, 0.29) is 23.7 Å². The SMILES string of the molecule is CCN(c1ncc(F)cc1NC(C)(C)C)C1CCN(c2cc3cc(OC(=O)N4CCN(C)CC4)ccc3[nH]2)C(C=O)C1.